The van der Waals surface area contributed by atoms with E-state index in [2.05, 4.69) is 10.6 Å². The average Bonchev–Trinajstić information content (AvgIpc) is 2.69. The van der Waals surface area contributed by atoms with Gasteiger partial charge in [0.15, 0.2) is 0 Å². The molecule has 1 saturated heterocycles. The summed E-state index contributed by atoms with van der Waals surface area (Å²) >= 11 is 11.8. The van der Waals surface area contributed by atoms with Crippen molar-refractivity contribution in [1.82, 2.24) is 4.90 Å². The van der Waals surface area contributed by atoms with Crippen molar-refractivity contribution in [3.63, 3.8) is 0 Å². The summed E-state index contributed by atoms with van der Waals surface area (Å²) in [6.07, 6.45) is 3.26. The number of halogens is 2. The molecule has 1 heterocycles. The van der Waals surface area contributed by atoms with Crippen LogP contribution in [0.15, 0.2) is 42.5 Å². The largest absolute Gasteiger partial charge is 0.376 e. The molecule has 0 spiro atoms. The molecule has 1 aliphatic heterocycles. The van der Waals surface area contributed by atoms with Crippen LogP contribution < -0.4 is 10.6 Å². The summed E-state index contributed by atoms with van der Waals surface area (Å²) < 4.78 is 0. The molecule has 0 atom stereocenters. The second-order valence-electron chi connectivity index (χ2n) is 6.46. The summed E-state index contributed by atoms with van der Waals surface area (Å²) in [5.74, 6) is -0.205. The minimum absolute atomic E-state index is 0.0136. The van der Waals surface area contributed by atoms with Gasteiger partial charge in [-0.25, -0.2) is 0 Å². The van der Waals surface area contributed by atoms with E-state index in [1.165, 1.54) is 6.42 Å². The number of carbonyl (C=O) groups is 2. The molecule has 142 valence electrons. The lowest BCUT2D eigenvalue weighted by Gasteiger charge is -2.26. The Kier molecular flexibility index (Phi) is 6.58. The maximum atomic E-state index is 12.6. The third kappa shape index (κ3) is 5.37. The van der Waals surface area contributed by atoms with E-state index in [1.54, 1.807) is 42.5 Å². The molecule has 1 aliphatic rings. The zero-order valence-electron chi connectivity index (χ0n) is 14.8. The molecule has 2 aromatic rings. The molecule has 0 bridgehead atoms. The summed E-state index contributed by atoms with van der Waals surface area (Å²) in [6.45, 7) is 1.66. The van der Waals surface area contributed by atoms with Crippen molar-refractivity contribution < 1.29 is 9.59 Å². The van der Waals surface area contributed by atoms with Crippen LogP contribution >= 0.6 is 23.2 Å². The minimum atomic E-state index is -0.219. The zero-order chi connectivity index (χ0) is 19.2. The van der Waals surface area contributed by atoms with Crippen LogP contribution in [0, 0.1) is 0 Å². The lowest BCUT2D eigenvalue weighted by Crippen LogP contribution is -2.35. The molecule has 27 heavy (non-hydrogen) atoms. The summed E-state index contributed by atoms with van der Waals surface area (Å²) in [5, 5.41) is 6.68. The van der Waals surface area contributed by atoms with E-state index in [0.717, 1.165) is 25.9 Å². The SMILES string of the molecule is O=C(CNc1ccc(Cl)c(Cl)c1)Nc1cccc(C(=O)N2CCCCC2)c1. The second kappa shape index (κ2) is 9.11. The average molecular weight is 406 g/mol. The number of likely N-dealkylation sites (tertiary alicyclic amines) is 1. The van der Waals surface area contributed by atoms with Gasteiger partial charge < -0.3 is 15.5 Å². The number of nitrogens with one attached hydrogen (secondary N) is 2. The van der Waals surface area contributed by atoms with E-state index >= 15 is 0 Å². The first-order chi connectivity index (χ1) is 13.0. The van der Waals surface area contributed by atoms with Gasteiger partial charge in [0, 0.05) is 30.0 Å². The highest BCUT2D eigenvalue weighted by atomic mass is 35.5. The predicted molar refractivity (Wildman–Crippen MR) is 110 cm³/mol. The topological polar surface area (TPSA) is 61.4 Å². The number of benzene rings is 2. The lowest BCUT2D eigenvalue weighted by molar-refractivity contribution is -0.114. The highest BCUT2D eigenvalue weighted by Crippen LogP contribution is 2.25. The predicted octanol–water partition coefficient (Wildman–Crippen LogP) is 4.67. The number of hydrogen-bond donors (Lipinski definition) is 2. The Labute approximate surface area is 168 Å². The van der Waals surface area contributed by atoms with Crippen molar-refractivity contribution in [2.24, 2.45) is 0 Å². The van der Waals surface area contributed by atoms with Gasteiger partial charge in [0.1, 0.15) is 0 Å². The Balaban J connectivity index is 1.57. The Bertz CT molecular complexity index is 836. The highest BCUT2D eigenvalue weighted by molar-refractivity contribution is 6.42. The second-order valence-corrected chi connectivity index (χ2v) is 7.28. The molecule has 2 aromatic carbocycles. The van der Waals surface area contributed by atoms with Crippen LogP contribution in [0.5, 0.6) is 0 Å². The molecule has 1 fully saturated rings. The van der Waals surface area contributed by atoms with E-state index in [-0.39, 0.29) is 18.4 Å². The molecule has 7 heteroatoms. The molecule has 2 N–H and O–H groups in total. The molecular weight excluding hydrogens is 385 g/mol. The normalized spacial score (nSPS) is 13.9. The van der Waals surface area contributed by atoms with Crippen molar-refractivity contribution >= 4 is 46.4 Å². The van der Waals surface area contributed by atoms with E-state index in [4.69, 9.17) is 23.2 Å². The molecule has 0 aliphatic carbocycles. The number of rotatable bonds is 5. The first-order valence-corrected chi connectivity index (χ1v) is 9.66. The molecule has 0 radical (unpaired) electrons. The van der Waals surface area contributed by atoms with Gasteiger partial charge in [0.25, 0.3) is 5.91 Å². The minimum Gasteiger partial charge on any atom is -0.376 e. The Morgan fingerprint density at radius 3 is 2.44 bits per heavy atom. The molecule has 3 rings (SSSR count). The standard InChI is InChI=1S/C20H21Cl2N3O2/c21-17-8-7-15(12-18(17)22)23-13-19(26)24-16-6-4-5-14(11-16)20(27)25-9-2-1-3-10-25/h4-8,11-12,23H,1-3,9-10,13H2,(H,24,26). The van der Waals surface area contributed by atoms with Gasteiger partial charge >= 0.3 is 0 Å². The number of hydrogen-bond acceptors (Lipinski definition) is 3. The molecular formula is C20H21Cl2N3O2. The van der Waals surface area contributed by atoms with E-state index in [1.807, 2.05) is 4.90 Å². The van der Waals surface area contributed by atoms with Crippen LogP contribution in [-0.2, 0) is 4.79 Å². The summed E-state index contributed by atoms with van der Waals surface area (Å²) in [7, 11) is 0. The van der Waals surface area contributed by atoms with Crippen LogP contribution in [0.25, 0.3) is 0 Å². The third-order valence-corrected chi connectivity index (χ3v) is 5.15. The summed E-state index contributed by atoms with van der Waals surface area (Å²) in [5.41, 5.74) is 1.89. The zero-order valence-corrected chi connectivity index (χ0v) is 16.3. The van der Waals surface area contributed by atoms with Gasteiger partial charge in [-0.2, -0.15) is 0 Å². The Hall–Kier alpha value is -2.24. The highest BCUT2D eigenvalue weighted by Gasteiger charge is 2.18. The number of anilines is 2. The smallest absolute Gasteiger partial charge is 0.253 e. The number of nitrogens with zero attached hydrogens (tertiary/aromatic N) is 1. The monoisotopic (exact) mass is 405 g/mol. The van der Waals surface area contributed by atoms with Gasteiger partial charge in [-0.3, -0.25) is 9.59 Å². The van der Waals surface area contributed by atoms with Crippen LogP contribution in [0.4, 0.5) is 11.4 Å². The van der Waals surface area contributed by atoms with Crippen LogP contribution in [-0.4, -0.2) is 36.3 Å². The molecule has 0 aromatic heterocycles. The van der Waals surface area contributed by atoms with Gasteiger partial charge in [0.2, 0.25) is 5.91 Å². The first kappa shape index (κ1) is 19.5. The van der Waals surface area contributed by atoms with Gasteiger partial charge in [-0.1, -0.05) is 29.3 Å². The van der Waals surface area contributed by atoms with Gasteiger partial charge in [-0.15, -0.1) is 0 Å². The Morgan fingerprint density at radius 2 is 1.70 bits per heavy atom. The van der Waals surface area contributed by atoms with Crippen molar-refractivity contribution in [1.29, 1.82) is 0 Å². The fourth-order valence-electron chi connectivity index (χ4n) is 3.00. The maximum Gasteiger partial charge on any atom is 0.253 e. The van der Waals surface area contributed by atoms with E-state index < -0.39 is 0 Å². The van der Waals surface area contributed by atoms with Crippen LogP contribution in [0.2, 0.25) is 10.0 Å². The van der Waals surface area contributed by atoms with Crippen molar-refractivity contribution in [2.75, 3.05) is 30.3 Å². The van der Waals surface area contributed by atoms with Crippen LogP contribution in [0.3, 0.4) is 0 Å². The van der Waals surface area contributed by atoms with Crippen molar-refractivity contribution in [3.05, 3.63) is 58.1 Å². The molecule has 0 saturated carbocycles. The first-order valence-electron chi connectivity index (χ1n) is 8.91. The fourth-order valence-corrected chi connectivity index (χ4v) is 3.30. The van der Waals surface area contributed by atoms with Gasteiger partial charge in [-0.05, 0) is 55.7 Å². The summed E-state index contributed by atoms with van der Waals surface area (Å²) in [6, 6.07) is 12.1. The molecule has 5 nitrogen and oxygen atoms in total. The van der Waals surface area contributed by atoms with E-state index in [9.17, 15) is 9.59 Å². The quantitative estimate of drug-likeness (QED) is 0.759. The Morgan fingerprint density at radius 1 is 0.926 bits per heavy atom. The lowest BCUT2D eigenvalue weighted by atomic mass is 10.1. The van der Waals surface area contributed by atoms with Crippen molar-refractivity contribution in [3.8, 4) is 0 Å². The number of amides is 2. The molecule has 0 unspecified atom stereocenters. The fraction of sp³-hybridized carbons (Fsp3) is 0.300. The number of piperidine rings is 1. The third-order valence-electron chi connectivity index (χ3n) is 4.41. The number of carbonyl (C=O) groups excluding carboxylic acids is 2. The molecule has 2 amide bonds. The van der Waals surface area contributed by atoms with Gasteiger partial charge in [0.05, 0.1) is 16.6 Å². The van der Waals surface area contributed by atoms with Crippen molar-refractivity contribution in [2.45, 2.75) is 19.3 Å². The van der Waals surface area contributed by atoms with Crippen LogP contribution in [0.1, 0.15) is 29.6 Å². The van der Waals surface area contributed by atoms with E-state index in [0.29, 0.717) is 27.0 Å². The maximum absolute atomic E-state index is 12.6. The summed E-state index contributed by atoms with van der Waals surface area (Å²) in [4.78, 5) is 26.6.